The summed E-state index contributed by atoms with van der Waals surface area (Å²) in [7, 11) is 1.82. The summed E-state index contributed by atoms with van der Waals surface area (Å²) in [5.74, 6) is 1.03. The van der Waals surface area contributed by atoms with Crippen LogP contribution in [0.4, 0.5) is 0 Å². The van der Waals surface area contributed by atoms with Gasteiger partial charge < -0.3 is 5.32 Å². The van der Waals surface area contributed by atoms with Crippen LogP contribution in [0.15, 0.2) is 0 Å². The first-order valence-corrected chi connectivity index (χ1v) is 6.68. The van der Waals surface area contributed by atoms with Gasteiger partial charge in [-0.25, -0.2) is 0 Å². The molecular formula is C13H22ClNO. The Morgan fingerprint density at radius 3 is 2.62 bits per heavy atom. The van der Waals surface area contributed by atoms with E-state index in [1.807, 2.05) is 7.05 Å². The zero-order valence-corrected chi connectivity index (χ0v) is 11.2. The molecule has 2 fully saturated rings. The molecule has 1 N–H and O–H groups in total. The van der Waals surface area contributed by atoms with Gasteiger partial charge in [0.2, 0.25) is 0 Å². The molecule has 3 unspecified atom stereocenters. The van der Waals surface area contributed by atoms with E-state index < -0.39 is 0 Å². The Morgan fingerprint density at radius 2 is 2.19 bits per heavy atom. The van der Waals surface area contributed by atoms with Gasteiger partial charge >= 0.3 is 0 Å². The number of carbonyl (C=O) groups is 1. The van der Waals surface area contributed by atoms with E-state index in [0.29, 0.717) is 18.7 Å². The SMILES string of the molecule is CNCC(=O)CC12CCC(CC1Cl)C2(C)C. The standard InChI is InChI=1S/C13H22ClNO/c1-12(2)9-4-5-13(12,11(14)6-9)7-10(16)8-15-3/h9,11,15H,4-8H2,1-3H3. The van der Waals surface area contributed by atoms with Gasteiger partial charge in [0, 0.05) is 11.8 Å². The zero-order chi connectivity index (χ0) is 12.0. The van der Waals surface area contributed by atoms with Crippen molar-refractivity contribution in [2.45, 2.75) is 44.9 Å². The maximum absolute atomic E-state index is 11.9. The highest BCUT2D eigenvalue weighted by molar-refractivity contribution is 6.21. The number of alkyl halides is 1. The number of ketones is 1. The maximum Gasteiger partial charge on any atom is 0.147 e. The van der Waals surface area contributed by atoms with Crippen LogP contribution in [-0.4, -0.2) is 24.8 Å². The van der Waals surface area contributed by atoms with Crippen LogP contribution in [0, 0.1) is 16.7 Å². The first-order valence-electron chi connectivity index (χ1n) is 6.24. The Hall–Kier alpha value is -0.0800. The molecule has 92 valence electrons. The van der Waals surface area contributed by atoms with Crippen molar-refractivity contribution in [1.29, 1.82) is 0 Å². The van der Waals surface area contributed by atoms with Gasteiger partial charge in [-0.1, -0.05) is 13.8 Å². The number of nitrogens with one attached hydrogen (secondary N) is 1. The van der Waals surface area contributed by atoms with Gasteiger partial charge in [0.05, 0.1) is 6.54 Å². The van der Waals surface area contributed by atoms with E-state index in [0.717, 1.165) is 18.8 Å². The maximum atomic E-state index is 11.9. The monoisotopic (exact) mass is 243 g/mol. The molecule has 16 heavy (non-hydrogen) atoms. The fraction of sp³-hybridized carbons (Fsp3) is 0.923. The summed E-state index contributed by atoms with van der Waals surface area (Å²) in [6.45, 7) is 5.09. The Balaban J connectivity index is 2.19. The van der Waals surface area contributed by atoms with Crippen molar-refractivity contribution in [2.75, 3.05) is 13.6 Å². The number of halogens is 1. The van der Waals surface area contributed by atoms with E-state index in [1.54, 1.807) is 0 Å². The smallest absolute Gasteiger partial charge is 0.147 e. The van der Waals surface area contributed by atoms with Crippen LogP contribution < -0.4 is 5.32 Å². The predicted octanol–water partition coefficient (Wildman–Crippen LogP) is 2.60. The summed E-state index contributed by atoms with van der Waals surface area (Å²) >= 11 is 6.52. The fourth-order valence-electron chi connectivity index (χ4n) is 4.01. The zero-order valence-electron chi connectivity index (χ0n) is 10.5. The Bertz CT molecular complexity index is 302. The summed E-state index contributed by atoms with van der Waals surface area (Å²) in [5.41, 5.74) is 0.302. The molecule has 0 aromatic heterocycles. The minimum atomic E-state index is 0.0627. The van der Waals surface area contributed by atoms with E-state index in [1.165, 1.54) is 6.42 Å². The molecule has 2 nitrogen and oxygen atoms in total. The van der Waals surface area contributed by atoms with Crippen LogP contribution in [0.2, 0.25) is 0 Å². The first-order chi connectivity index (χ1) is 7.44. The van der Waals surface area contributed by atoms with Crippen molar-refractivity contribution in [1.82, 2.24) is 5.32 Å². The van der Waals surface area contributed by atoms with E-state index in [-0.39, 0.29) is 16.2 Å². The lowest BCUT2D eigenvalue weighted by molar-refractivity contribution is -0.121. The molecule has 0 aliphatic heterocycles. The van der Waals surface area contributed by atoms with Crippen molar-refractivity contribution in [3.63, 3.8) is 0 Å². The number of hydrogen-bond donors (Lipinski definition) is 1. The summed E-state index contributed by atoms with van der Waals surface area (Å²) in [6, 6.07) is 0. The molecule has 2 rings (SSSR count). The van der Waals surface area contributed by atoms with Crippen molar-refractivity contribution >= 4 is 17.4 Å². The van der Waals surface area contributed by atoms with Crippen LogP contribution in [0.1, 0.15) is 39.5 Å². The molecule has 0 amide bonds. The quantitative estimate of drug-likeness (QED) is 0.769. The van der Waals surface area contributed by atoms with Gasteiger partial charge in [-0.15, -0.1) is 11.6 Å². The molecule has 2 bridgehead atoms. The molecule has 0 spiro atoms. The Morgan fingerprint density at radius 1 is 1.50 bits per heavy atom. The molecule has 2 aliphatic carbocycles. The van der Waals surface area contributed by atoms with Crippen molar-refractivity contribution in [3.05, 3.63) is 0 Å². The summed E-state index contributed by atoms with van der Waals surface area (Å²) in [4.78, 5) is 11.9. The second-order valence-corrected chi connectivity index (χ2v) is 6.59. The summed E-state index contributed by atoms with van der Waals surface area (Å²) < 4.78 is 0. The number of rotatable bonds is 4. The average molecular weight is 244 g/mol. The first kappa shape index (κ1) is 12.4. The Kier molecular flexibility index (Phi) is 3.09. The largest absolute Gasteiger partial charge is 0.313 e. The van der Waals surface area contributed by atoms with Crippen molar-refractivity contribution in [2.24, 2.45) is 16.7 Å². The molecule has 2 aliphatic rings. The summed E-state index contributed by atoms with van der Waals surface area (Å²) in [6.07, 6.45) is 4.14. The number of hydrogen-bond acceptors (Lipinski definition) is 2. The average Bonchev–Trinajstić information content (AvgIpc) is 2.51. The minimum absolute atomic E-state index is 0.0627. The highest BCUT2D eigenvalue weighted by atomic mass is 35.5. The van der Waals surface area contributed by atoms with Crippen LogP contribution in [0.25, 0.3) is 0 Å². The lowest BCUT2D eigenvalue weighted by atomic mass is 9.66. The predicted molar refractivity (Wildman–Crippen MR) is 66.7 cm³/mol. The number of fused-ring (bicyclic) bond motifs is 2. The lowest BCUT2D eigenvalue weighted by Gasteiger charge is -2.40. The third kappa shape index (κ3) is 1.53. The number of likely N-dealkylation sites (N-methyl/N-ethyl adjacent to an activating group) is 1. The number of Topliss-reactive ketones (excluding diaryl/α,β-unsaturated/α-hetero) is 1. The molecule has 0 aromatic rings. The molecule has 0 aromatic carbocycles. The van der Waals surface area contributed by atoms with Crippen molar-refractivity contribution < 1.29 is 4.79 Å². The van der Waals surface area contributed by atoms with Crippen LogP contribution >= 0.6 is 11.6 Å². The van der Waals surface area contributed by atoms with Gasteiger partial charge in [0.25, 0.3) is 0 Å². The molecule has 0 saturated heterocycles. The highest BCUT2D eigenvalue weighted by Crippen LogP contribution is 2.68. The second kappa shape index (κ2) is 3.99. The molecule has 0 heterocycles. The summed E-state index contributed by atoms with van der Waals surface area (Å²) in [5, 5.41) is 3.14. The van der Waals surface area contributed by atoms with Crippen LogP contribution in [-0.2, 0) is 4.79 Å². The molecule has 0 radical (unpaired) electrons. The van der Waals surface area contributed by atoms with Crippen molar-refractivity contribution in [3.8, 4) is 0 Å². The van der Waals surface area contributed by atoms with Gasteiger partial charge in [0.1, 0.15) is 5.78 Å². The normalized spacial score (nSPS) is 40.2. The molecule has 2 saturated carbocycles. The topological polar surface area (TPSA) is 29.1 Å². The number of carbonyl (C=O) groups excluding carboxylic acids is 1. The third-order valence-electron chi connectivity index (χ3n) is 5.22. The Labute approximate surface area is 103 Å². The van der Waals surface area contributed by atoms with E-state index in [4.69, 9.17) is 11.6 Å². The fourth-order valence-corrected chi connectivity index (χ4v) is 4.69. The van der Waals surface area contributed by atoms with Crippen LogP contribution in [0.5, 0.6) is 0 Å². The van der Waals surface area contributed by atoms with Gasteiger partial charge in [-0.3, -0.25) is 4.79 Å². The highest BCUT2D eigenvalue weighted by Gasteiger charge is 2.63. The van der Waals surface area contributed by atoms with Gasteiger partial charge in [0.15, 0.2) is 0 Å². The van der Waals surface area contributed by atoms with Crippen LogP contribution in [0.3, 0.4) is 0 Å². The molecular weight excluding hydrogens is 222 g/mol. The van der Waals surface area contributed by atoms with E-state index in [9.17, 15) is 4.79 Å². The molecule has 3 heteroatoms. The lowest BCUT2D eigenvalue weighted by Crippen LogP contribution is -2.39. The van der Waals surface area contributed by atoms with E-state index >= 15 is 0 Å². The van der Waals surface area contributed by atoms with E-state index in [2.05, 4.69) is 19.2 Å². The minimum Gasteiger partial charge on any atom is -0.313 e. The third-order valence-corrected chi connectivity index (χ3v) is 5.82. The van der Waals surface area contributed by atoms with Gasteiger partial charge in [-0.2, -0.15) is 0 Å². The second-order valence-electron chi connectivity index (χ2n) is 6.06. The van der Waals surface area contributed by atoms with Gasteiger partial charge in [-0.05, 0) is 43.1 Å². The molecule has 3 atom stereocenters.